The van der Waals surface area contributed by atoms with Crippen molar-refractivity contribution >= 4 is 25.4 Å². The van der Waals surface area contributed by atoms with Crippen LogP contribution in [-0.2, 0) is 19.7 Å². The highest BCUT2D eigenvalue weighted by Crippen LogP contribution is 2.44. The summed E-state index contributed by atoms with van der Waals surface area (Å²) < 4.78 is 62.9. The zero-order valence-corrected chi connectivity index (χ0v) is 19.7. The minimum Gasteiger partial charge on any atom is -0.386 e. The van der Waals surface area contributed by atoms with Crippen LogP contribution in [0, 0.1) is 19.7 Å². The first kappa shape index (κ1) is 23.7. The van der Waals surface area contributed by atoms with Crippen LogP contribution >= 0.6 is 0 Å². The van der Waals surface area contributed by atoms with Crippen LogP contribution < -0.4 is 5.32 Å². The van der Waals surface area contributed by atoms with Crippen molar-refractivity contribution in [1.82, 2.24) is 0 Å². The van der Waals surface area contributed by atoms with Crippen molar-refractivity contribution < 1.29 is 26.3 Å². The second-order valence-corrected chi connectivity index (χ2v) is 12.5. The van der Waals surface area contributed by atoms with Crippen LogP contribution in [0.5, 0.6) is 0 Å². The molecule has 2 aromatic carbocycles. The van der Waals surface area contributed by atoms with Gasteiger partial charge in [-0.25, -0.2) is 21.2 Å². The maximum absolute atomic E-state index is 14.8. The van der Waals surface area contributed by atoms with Gasteiger partial charge in [0.05, 0.1) is 15.3 Å². The van der Waals surface area contributed by atoms with E-state index in [1.165, 1.54) is 19.1 Å². The fourth-order valence-electron chi connectivity index (χ4n) is 4.59. The van der Waals surface area contributed by atoms with Gasteiger partial charge < -0.3 is 10.4 Å². The van der Waals surface area contributed by atoms with E-state index >= 15 is 0 Å². The molecule has 0 spiro atoms. The molecule has 2 N–H and O–H groups in total. The third kappa shape index (κ3) is 4.63. The zero-order chi connectivity index (χ0) is 23.2. The molecule has 1 saturated carbocycles. The molecule has 1 atom stereocenters. The van der Waals surface area contributed by atoms with Crippen LogP contribution in [0.25, 0.3) is 0 Å². The van der Waals surface area contributed by atoms with Gasteiger partial charge in [0, 0.05) is 23.8 Å². The van der Waals surface area contributed by atoms with E-state index in [0.29, 0.717) is 24.1 Å². The molecule has 6 nitrogen and oxygen atoms in total. The van der Waals surface area contributed by atoms with E-state index in [4.69, 9.17) is 0 Å². The summed E-state index contributed by atoms with van der Waals surface area (Å²) in [7, 11) is -6.95. The number of benzene rings is 2. The van der Waals surface area contributed by atoms with Gasteiger partial charge in [-0.1, -0.05) is 12.8 Å². The van der Waals surface area contributed by atoms with Crippen molar-refractivity contribution in [2.45, 2.75) is 61.0 Å². The lowest BCUT2D eigenvalue weighted by atomic mass is 9.83. The minimum atomic E-state index is -3.59. The number of sulfone groups is 2. The topological polar surface area (TPSA) is 101 Å². The summed E-state index contributed by atoms with van der Waals surface area (Å²) in [4.78, 5) is 0.214. The zero-order valence-electron chi connectivity index (χ0n) is 18.1. The molecule has 170 valence electrons. The molecule has 31 heavy (non-hydrogen) atoms. The van der Waals surface area contributed by atoms with E-state index < -0.39 is 37.1 Å². The Kier molecular flexibility index (Phi) is 6.25. The Bertz CT molecular complexity index is 1220. The Balaban J connectivity index is 2.06. The van der Waals surface area contributed by atoms with E-state index in [9.17, 15) is 26.3 Å². The van der Waals surface area contributed by atoms with Crippen molar-refractivity contribution in [2.24, 2.45) is 0 Å². The maximum atomic E-state index is 14.8. The summed E-state index contributed by atoms with van der Waals surface area (Å²) >= 11 is 0. The quantitative estimate of drug-likeness (QED) is 0.626. The van der Waals surface area contributed by atoms with Gasteiger partial charge in [-0.3, -0.25) is 0 Å². The van der Waals surface area contributed by atoms with Crippen LogP contribution in [0.3, 0.4) is 0 Å². The number of anilines is 1. The molecule has 1 fully saturated rings. The second kappa shape index (κ2) is 8.18. The van der Waals surface area contributed by atoms with Crippen molar-refractivity contribution in [3.63, 3.8) is 0 Å². The molecule has 1 aliphatic carbocycles. The van der Waals surface area contributed by atoms with Gasteiger partial charge in [0.25, 0.3) is 0 Å². The summed E-state index contributed by atoms with van der Waals surface area (Å²) in [5.74, 6) is -0.658. The van der Waals surface area contributed by atoms with Gasteiger partial charge in [0.15, 0.2) is 19.7 Å². The lowest BCUT2D eigenvalue weighted by Crippen LogP contribution is -2.42. The summed E-state index contributed by atoms with van der Waals surface area (Å²) in [5.41, 5.74) is 0.453. The van der Waals surface area contributed by atoms with Gasteiger partial charge in [0.2, 0.25) is 0 Å². The predicted molar refractivity (Wildman–Crippen MR) is 118 cm³/mol. The first-order chi connectivity index (χ1) is 14.3. The Morgan fingerprint density at radius 3 is 2.03 bits per heavy atom. The number of halogens is 1. The minimum absolute atomic E-state index is 0.00977. The molecule has 0 heterocycles. The van der Waals surface area contributed by atoms with Gasteiger partial charge in [-0.2, -0.15) is 0 Å². The van der Waals surface area contributed by atoms with Gasteiger partial charge in [-0.05, 0) is 68.1 Å². The van der Waals surface area contributed by atoms with E-state index in [1.54, 1.807) is 19.1 Å². The molecule has 9 heteroatoms. The Labute approximate surface area is 183 Å². The highest BCUT2D eigenvalue weighted by molar-refractivity contribution is 7.91. The van der Waals surface area contributed by atoms with Gasteiger partial charge in [0.1, 0.15) is 11.9 Å². The molecular weight excluding hydrogens is 441 g/mol. The van der Waals surface area contributed by atoms with E-state index in [0.717, 1.165) is 31.4 Å². The molecule has 1 unspecified atom stereocenters. The van der Waals surface area contributed by atoms with Crippen LogP contribution in [0.2, 0.25) is 0 Å². The lowest BCUT2D eigenvalue weighted by molar-refractivity contribution is 0.0949. The summed E-state index contributed by atoms with van der Waals surface area (Å²) in [5, 5.41) is 14.7. The molecule has 3 rings (SSSR count). The normalized spacial score (nSPS) is 17.5. The van der Waals surface area contributed by atoms with E-state index in [-0.39, 0.29) is 20.9 Å². The van der Waals surface area contributed by atoms with Crippen molar-refractivity contribution in [2.75, 3.05) is 17.8 Å². The van der Waals surface area contributed by atoms with Crippen LogP contribution in [0.15, 0.2) is 40.1 Å². The van der Waals surface area contributed by atoms with E-state index in [2.05, 4.69) is 5.32 Å². The first-order valence-corrected chi connectivity index (χ1v) is 13.8. The van der Waals surface area contributed by atoms with E-state index in [1.807, 2.05) is 0 Å². The Morgan fingerprint density at radius 2 is 1.52 bits per heavy atom. The number of aliphatic hydroxyl groups excluding tert-OH is 1. The third-order valence-corrected chi connectivity index (χ3v) is 8.57. The number of nitrogens with one attached hydrogen (secondary N) is 1. The highest BCUT2D eigenvalue weighted by Gasteiger charge is 2.43. The third-order valence-electron chi connectivity index (χ3n) is 6.07. The molecule has 0 amide bonds. The summed E-state index contributed by atoms with van der Waals surface area (Å²) in [6.07, 6.45) is 3.66. The Morgan fingerprint density at radius 1 is 0.968 bits per heavy atom. The second-order valence-electron chi connectivity index (χ2n) is 8.50. The van der Waals surface area contributed by atoms with Crippen LogP contribution in [-0.4, -0.2) is 40.0 Å². The molecule has 0 saturated heterocycles. The standard InChI is InChI=1S/C22H28FNO5S2/c1-14-13-16(7-9-18(14)30(3,26)27)24-22(11-5-6-12-22)21(25)20-15(2)19(31(4,28)29)10-8-17(20)23/h7-10,13,21,24-25H,5-6,11-12H2,1-4H3. The molecule has 1 aliphatic rings. The van der Waals surface area contributed by atoms with Crippen molar-refractivity contribution in [3.05, 3.63) is 52.8 Å². The van der Waals surface area contributed by atoms with Gasteiger partial charge in [-0.15, -0.1) is 0 Å². The van der Waals surface area contributed by atoms with Gasteiger partial charge >= 0.3 is 0 Å². The first-order valence-electron chi connectivity index (χ1n) is 10.0. The fourth-order valence-corrected chi connectivity index (χ4v) is 6.53. The molecule has 0 radical (unpaired) electrons. The van der Waals surface area contributed by atoms with Crippen LogP contribution in [0.1, 0.15) is 48.5 Å². The maximum Gasteiger partial charge on any atom is 0.175 e. The number of hydrogen-bond acceptors (Lipinski definition) is 6. The van der Waals surface area contributed by atoms with Crippen LogP contribution in [0.4, 0.5) is 10.1 Å². The van der Waals surface area contributed by atoms with Crippen molar-refractivity contribution in [1.29, 1.82) is 0 Å². The largest absolute Gasteiger partial charge is 0.386 e. The fraction of sp³-hybridized carbons (Fsp3) is 0.455. The number of aliphatic hydroxyl groups is 1. The Hall–Kier alpha value is -1.97. The number of rotatable bonds is 6. The smallest absolute Gasteiger partial charge is 0.175 e. The summed E-state index contributed by atoms with van der Waals surface area (Å²) in [6.45, 7) is 3.20. The molecule has 0 aromatic heterocycles. The predicted octanol–water partition coefficient (Wildman–Crippen LogP) is 3.71. The number of aryl methyl sites for hydroxylation is 1. The highest BCUT2D eigenvalue weighted by atomic mass is 32.2. The molecule has 0 aliphatic heterocycles. The number of hydrogen-bond donors (Lipinski definition) is 2. The average molecular weight is 470 g/mol. The summed E-state index contributed by atoms with van der Waals surface area (Å²) in [6, 6.07) is 7.14. The van der Waals surface area contributed by atoms with Crippen molar-refractivity contribution in [3.8, 4) is 0 Å². The molecular formula is C22H28FNO5S2. The SMILES string of the molecule is Cc1cc(NC2(C(O)c3c(F)ccc(S(C)(=O)=O)c3C)CCCC2)ccc1S(C)(=O)=O. The molecule has 0 bridgehead atoms. The lowest BCUT2D eigenvalue weighted by Gasteiger charge is -2.37. The monoisotopic (exact) mass is 469 g/mol. The molecule has 2 aromatic rings. The average Bonchev–Trinajstić information content (AvgIpc) is 3.09.